The molecule has 5 heterocycles. The van der Waals surface area contributed by atoms with Gasteiger partial charge in [-0.05, 0) is 87.1 Å². The molecular formula is C35H38ClF3N6O6S2. The molecule has 53 heavy (non-hydrogen) atoms. The van der Waals surface area contributed by atoms with Crippen molar-refractivity contribution in [3.05, 3.63) is 70.7 Å². The molecule has 1 atom stereocenters. The third kappa shape index (κ3) is 5.83. The topological polar surface area (TPSA) is 157 Å². The van der Waals surface area contributed by atoms with E-state index in [1.54, 1.807) is 4.57 Å². The first-order valence-electron chi connectivity index (χ1n) is 16.9. The fourth-order valence-electron chi connectivity index (χ4n) is 7.43. The van der Waals surface area contributed by atoms with Crippen molar-refractivity contribution in [2.24, 2.45) is 11.7 Å². The Morgan fingerprint density at radius 3 is 1.70 bits per heavy atom. The van der Waals surface area contributed by atoms with Gasteiger partial charge in [0, 0.05) is 32.1 Å². The Labute approximate surface area is 314 Å². The van der Waals surface area contributed by atoms with Crippen LogP contribution in [0.5, 0.6) is 11.5 Å². The second-order valence-corrected chi connectivity index (χ2v) is 15.9. The number of rotatable bonds is 6. The van der Waals surface area contributed by atoms with Crippen LogP contribution < -0.4 is 42.1 Å². The molecule has 1 saturated heterocycles. The van der Waals surface area contributed by atoms with Gasteiger partial charge in [0.15, 0.2) is 23.1 Å². The average Bonchev–Trinajstić information content (AvgIpc) is 4.00. The van der Waals surface area contributed by atoms with Crippen LogP contribution in [0, 0.1) is 23.4 Å². The Kier molecular flexibility index (Phi) is 9.23. The van der Waals surface area contributed by atoms with Crippen molar-refractivity contribution in [2.75, 3.05) is 32.2 Å². The highest BCUT2D eigenvalue weighted by Crippen LogP contribution is 2.47. The summed E-state index contributed by atoms with van der Waals surface area (Å²) in [5.74, 6) is -2.55. The number of ether oxygens (including phenoxy) is 2. The van der Waals surface area contributed by atoms with Crippen LogP contribution in [0.15, 0.2) is 31.3 Å². The third-order valence-corrected chi connectivity index (χ3v) is 12.1. The minimum atomic E-state index is -1.17. The fourth-order valence-corrected chi connectivity index (χ4v) is 9.27. The van der Waals surface area contributed by atoms with Gasteiger partial charge in [0.1, 0.15) is 26.1 Å². The van der Waals surface area contributed by atoms with Crippen LogP contribution in [-0.4, -0.2) is 50.7 Å². The molecule has 1 aliphatic heterocycles. The monoisotopic (exact) mass is 795 g/mol. The number of nitrogens with two attached hydrogens (primary N) is 1. The van der Waals surface area contributed by atoms with E-state index < -0.39 is 39.4 Å². The molecule has 4 N–H and O–H groups in total. The Balaban J connectivity index is 0.000000185. The number of hydrogen-bond donors (Lipinski definition) is 3. The molecule has 0 amide bonds. The Morgan fingerprint density at radius 2 is 1.26 bits per heavy atom. The zero-order valence-corrected chi connectivity index (χ0v) is 31.5. The van der Waals surface area contributed by atoms with E-state index in [0.29, 0.717) is 39.7 Å². The maximum Gasteiger partial charge on any atom is 0.271 e. The lowest BCUT2D eigenvalue weighted by molar-refractivity contribution is 0.348. The van der Waals surface area contributed by atoms with Crippen LogP contribution in [0.25, 0.3) is 42.2 Å². The van der Waals surface area contributed by atoms with Crippen LogP contribution in [0.3, 0.4) is 0 Å². The van der Waals surface area contributed by atoms with Gasteiger partial charge in [0.05, 0.1) is 36.0 Å². The highest BCUT2D eigenvalue weighted by Gasteiger charge is 2.37. The van der Waals surface area contributed by atoms with E-state index in [-0.39, 0.29) is 70.2 Å². The van der Waals surface area contributed by atoms with Gasteiger partial charge in [-0.1, -0.05) is 0 Å². The van der Waals surface area contributed by atoms with E-state index in [0.717, 1.165) is 61.2 Å². The van der Waals surface area contributed by atoms with E-state index in [1.165, 1.54) is 20.3 Å². The van der Waals surface area contributed by atoms with Crippen molar-refractivity contribution in [2.45, 2.75) is 63.6 Å². The summed E-state index contributed by atoms with van der Waals surface area (Å²) >= 11 is 2.17. The van der Waals surface area contributed by atoms with Gasteiger partial charge in [-0.25, -0.2) is 8.78 Å². The molecule has 6 aromatic rings. The molecule has 2 saturated carbocycles. The number of aromatic nitrogens is 4. The van der Waals surface area contributed by atoms with Crippen molar-refractivity contribution >= 4 is 83.4 Å². The van der Waals surface area contributed by atoms with E-state index in [9.17, 15) is 28.0 Å². The first-order valence-corrected chi connectivity index (χ1v) is 18.5. The lowest BCUT2D eigenvalue weighted by atomic mass is 9.88. The van der Waals surface area contributed by atoms with E-state index in [1.807, 2.05) is 23.3 Å². The van der Waals surface area contributed by atoms with E-state index in [4.69, 9.17) is 15.2 Å². The summed E-state index contributed by atoms with van der Waals surface area (Å²) in [5, 5.41) is 0.225. The first-order chi connectivity index (χ1) is 24.8. The standard InChI is InChI=1S/C21H25FN4O3S.C14H10F2N2O3S.ClH.H2/c1-21(2,23)10-6-7-25(9-10)16-13(22)8-12-15(18(16)29-3)26(11-4-5-11)20-14(17(12)27)19(28)24-30-20;1-21-12-9(16)7(15)4-6-10(12)18(5-2-3-5)14-8(11(6)19)13(20)17-22-14;;/h8,10-11H,4-7,9,23H2,1-3H3,(H,24,28);4-5H,2-3H2,1H3,(H,17,20);2*1H/t10-;;;/m1.../s1/i;;;1+1. The number of nitrogens with one attached hydrogen (secondary N) is 2. The Morgan fingerprint density at radius 1 is 0.792 bits per heavy atom. The molecule has 4 aromatic heterocycles. The molecule has 3 aliphatic rings. The zero-order valence-electron chi connectivity index (χ0n) is 29.1. The first kappa shape index (κ1) is 37.0. The molecule has 0 spiro atoms. The SMILES string of the molecule is COc1c(F)c(F)cc2c(=O)c3c(=O)[nH]sc3n(C3CC3)c12.COc1c(N2CC[C@@H](C(C)(C)N)C2)c(F)cc2c(=O)c3c(=O)[nH]sc3n(C3CC3)c12.Cl.[2HH]. The van der Waals surface area contributed by atoms with Crippen molar-refractivity contribution in [3.63, 3.8) is 0 Å². The van der Waals surface area contributed by atoms with Crippen LogP contribution in [0.1, 0.15) is 59.5 Å². The summed E-state index contributed by atoms with van der Waals surface area (Å²) in [5.41, 5.74) is 5.09. The summed E-state index contributed by atoms with van der Waals surface area (Å²) in [4.78, 5) is 52.8. The maximum atomic E-state index is 15.4. The Hall–Kier alpha value is -4.32. The van der Waals surface area contributed by atoms with Crippen LogP contribution in [0.2, 0.25) is 0 Å². The van der Waals surface area contributed by atoms with E-state index in [2.05, 4.69) is 8.75 Å². The van der Waals surface area contributed by atoms with Gasteiger partial charge in [-0.2, -0.15) is 4.39 Å². The summed E-state index contributed by atoms with van der Waals surface area (Å²) < 4.78 is 62.9. The van der Waals surface area contributed by atoms with Gasteiger partial charge in [0.25, 0.3) is 11.1 Å². The quantitative estimate of drug-likeness (QED) is 0.181. The summed E-state index contributed by atoms with van der Waals surface area (Å²) in [6.07, 6.45) is 4.45. The molecule has 0 bridgehead atoms. The lowest BCUT2D eigenvalue weighted by Gasteiger charge is -2.28. The molecule has 3 fully saturated rings. The number of methoxy groups -OCH3 is 2. The molecule has 2 aliphatic carbocycles. The fraction of sp³-hybridized carbons (Fsp3) is 0.429. The normalized spacial score (nSPS) is 17.4. The number of hydrogen-bond acceptors (Lipinski definition) is 10. The molecule has 284 valence electrons. The highest BCUT2D eigenvalue weighted by atomic mass is 35.5. The summed E-state index contributed by atoms with van der Waals surface area (Å²) in [7, 11) is 2.73. The lowest BCUT2D eigenvalue weighted by Crippen LogP contribution is -2.42. The molecule has 0 unspecified atom stereocenters. The average molecular weight is 796 g/mol. The van der Waals surface area contributed by atoms with Crippen molar-refractivity contribution in [1.82, 2.24) is 17.9 Å². The number of benzene rings is 2. The zero-order chi connectivity index (χ0) is 37.0. The van der Waals surface area contributed by atoms with Crippen molar-refractivity contribution in [3.8, 4) is 11.5 Å². The number of anilines is 1. The van der Waals surface area contributed by atoms with Crippen LogP contribution in [0.4, 0.5) is 18.9 Å². The third-order valence-electron chi connectivity index (χ3n) is 10.3. The second-order valence-electron chi connectivity index (χ2n) is 14.3. The predicted molar refractivity (Wildman–Crippen MR) is 206 cm³/mol. The largest absolute Gasteiger partial charge is 0.492 e. The molecule has 9 rings (SSSR count). The maximum absolute atomic E-state index is 15.4. The number of nitrogens with zero attached hydrogens (tertiary/aromatic N) is 3. The smallest absolute Gasteiger partial charge is 0.271 e. The summed E-state index contributed by atoms with van der Waals surface area (Å²) in [6.45, 7) is 5.27. The summed E-state index contributed by atoms with van der Waals surface area (Å²) in [6, 6.07) is 2.33. The number of fused-ring (bicyclic) bond motifs is 4. The van der Waals surface area contributed by atoms with Gasteiger partial charge in [-0.3, -0.25) is 27.9 Å². The predicted octanol–water partition coefficient (Wildman–Crippen LogP) is 6.14. The molecule has 0 radical (unpaired) electrons. The number of pyridine rings is 2. The molecule has 18 heteroatoms. The van der Waals surface area contributed by atoms with E-state index >= 15 is 4.39 Å². The number of aromatic amines is 2. The second kappa shape index (κ2) is 13.2. The minimum Gasteiger partial charge on any atom is -0.492 e. The van der Waals surface area contributed by atoms with Gasteiger partial charge in [0.2, 0.25) is 16.7 Å². The molecular weight excluding hydrogens is 757 g/mol. The van der Waals surface area contributed by atoms with Crippen LogP contribution >= 0.6 is 35.5 Å². The van der Waals surface area contributed by atoms with Crippen molar-refractivity contribution < 1.29 is 24.1 Å². The van der Waals surface area contributed by atoms with Gasteiger partial charge >= 0.3 is 0 Å². The Bertz CT molecular complexity index is 2710. The van der Waals surface area contributed by atoms with Gasteiger partial charge < -0.3 is 29.2 Å². The number of halogens is 4. The highest BCUT2D eigenvalue weighted by molar-refractivity contribution is 7.13. The van der Waals surface area contributed by atoms with Crippen molar-refractivity contribution in [1.29, 1.82) is 0 Å². The minimum absolute atomic E-state index is 0. The van der Waals surface area contributed by atoms with Crippen LogP contribution in [-0.2, 0) is 0 Å². The number of H-pyrrole nitrogens is 2. The molecule has 12 nitrogen and oxygen atoms in total. The van der Waals surface area contributed by atoms with Gasteiger partial charge in [-0.15, -0.1) is 12.4 Å². The molecule has 2 aromatic carbocycles.